The van der Waals surface area contributed by atoms with Gasteiger partial charge in [-0.15, -0.1) is 0 Å². The molecule has 7 heteroatoms. The van der Waals surface area contributed by atoms with E-state index in [0.29, 0.717) is 41.2 Å². The molecule has 0 bridgehead atoms. The minimum Gasteiger partial charge on any atom is -0.372 e. The highest BCUT2D eigenvalue weighted by molar-refractivity contribution is 6.21. The van der Waals surface area contributed by atoms with Gasteiger partial charge in [0.05, 0.1) is 28.8 Å². The summed E-state index contributed by atoms with van der Waals surface area (Å²) in [5, 5.41) is 0. The number of fused-ring (bicyclic) bond motifs is 1. The predicted molar refractivity (Wildman–Crippen MR) is 118 cm³/mol. The summed E-state index contributed by atoms with van der Waals surface area (Å²) in [6, 6.07) is 6.70. The smallest absolute Gasteiger partial charge is 0.262 e. The molecule has 2 heterocycles. The molecule has 4 rings (SSSR count). The van der Waals surface area contributed by atoms with Crippen LogP contribution in [0.15, 0.2) is 47.3 Å². The van der Waals surface area contributed by atoms with E-state index in [0.717, 1.165) is 4.90 Å². The standard InChI is InChI=1S/C25H25N3O4/c1-5-27-21-19(26(4)15-25(2,3)24(27)32)13-16(14-20(21)29)9-8-12-28-22(30)17-10-6-7-11-18(17)23(28)31/h6-7,10-11,13H,5,12,14-15H2,1-4H3. The molecule has 0 N–H and O–H groups in total. The summed E-state index contributed by atoms with van der Waals surface area (Å²) in [6.07, 6.45) is 1.91. The van der Waals surface area contributed by atoms with Crippen LogP contribution >= 0.6 is 0 Å². The highest BCUT2D eigenvalue weighted by Crippen LogP contribution is 2.34. The van der Waals surface area contributed by atoms with E-state index in [1.54, 1.807) is 29.2 Å². The van der Waals surface area contributed by atoms with Crippen molar-refractivity contribution in [3.8, 4) is 11.8 Å². The molecule has 1 aromatic carbocycles. The second kappa shape index (κ2) is 7.79. The molecule has 0 radical (unpaired) electrons. The zero-order chi connectivity index (χ0) is 23.2. The van der Waals surface area contributed by atoms with Crippen LogP contribution in [0.2, 0.25) is 0 Å². The number of allylic oxidation sites excluding steroid dienone is 3. The molecule has 0 spiro atoms. The molecule has 164 valence electrons. The van der Waals surface area contributed by atoms with Crippen molar-refractivity contribution in [3.63, 3.8) is 0 Å². The first-order valence-electron chi connectivity index (χ1n) is 10.6. The molecule has 0 aromatic heterocycles. The lowest BCUT2D eigenvalue weighted by molar-refractivity contribution is -0.139. The van der Waals surface area contributed by atoms with Gasteiger partial charge in [-0.1, -0.05) is 24.0 Å². The molecule has 1 aromatic rings. The van der Waals surface area contributed by atoms with E-state index in [1.165, 1.54) is 0 Å². The number of carbonyl (C=O) groups excluding carboxylic acids is 4. The third-order valence-corrected chi connectivity index (χ3v) is 5.99. The van der Waals surface area contributed by atoms with Crippen molar-refractivity contribution in [2.75, 3.05) is 26.7 Å². The number of carbonyl (C=O) groups is 4. The van der Waals surface area contributed by atoms with E-state index in [-0.39, 0.29) is 36.5 Å². The fourth-order valence-corrected chi connectivity index (χ4v) is 4.47. The normalized spacial score (nSPS) is 20.0. The van der Waals surface area contributed by atoms with Crippen LogP contribution in [-0.4, -0.2) is 64.9 Å². The van der Waals surface area contributed by atoms with Crippen LogP contribution < -0.4 is 0 Å². The van der Waals surface area contributed by atoms with Crippen LogP contribution in [0.3, 0.4) is 0 Å². The number of nitrogens with zero attached hydrogens (tertiary/aromatic N) is 3. The Kier molecular flexibility index (Phi) is 5.25. The predicted octanol–water partition coefficient (Wildman–Crippen LogP) is 2.22. The minimum atomic E-state index is -0.631. The van der Waals surface area contributed by atoms with Gasteiger partial charge in [-0.2, -0.15) is 0 Å². The fourth-order valence-electron chi connectivity index (χ4n) is 4.47. The van der Waals surface area contributed by atoms with Crippen molar-refractivity contribution in [1.82, 2.24) is 14.7 Å². The molecule has 3 aliphatic rings. The number of likely N-dealkylation sites (N-methyl/N-ethyl adjacent to an activating group) is 2. The Balaban J connectivity index is 1.61. The van der Waals surface area contributed by atoms with E-state index in [2.05, 4.69) is 11.8 Å². The highest BCUT2D eigenvalue weighted by atomic mass is 16.2. The summed E-state index contributed by atoms with van der Waals surface area (Å²) in [4.78, 5) is 55.6. The first kappa shape index (κ1) is 21.6. The number of ketones is 1. The molecule has 1 aliphatic carbocycles. The Morgan fingerprint density at radius 1 is 1.00 bits per heavy atom. The van der Waals surface area contributed by atoms with E-state index in [4.69, 9.17) is 0 Å². The lowest BCUT2D eigenvalue weighted by Gasteiger charge is -2.29. The third-order valence-electron chi connectivity index (χ3n) is 5.99. The van der Waals surface area contributed by atoms with Gasteiger partial charge in [0.15, 0.2) is 5.78 Å². The largest absolute Gasteiger partial charge is 0.372 e. The Bertz CT molecular complexity index is 1140. The summed E-state index contributed by atoms with van der Waals surface area (Å²) >= 11 is 0. The quantitative estimate of drug-likeness (QED) is 0.530. The third kappa shape index (κ3) is 3.42. The van der Waals surface area contributed by atoms with Crippen molar-refractivity contribution in [3.05, 3.63) is 58.4 Å². The average Bonchev–Trinajstić information content (AvgIpc) is 2.95. The average molecular weight is 431 g/mol. The van der Waals surface area contributed by atoms with E-state index in [9.17, 15) is 19.2 Å². The first-order valence-corrected chi connectivity index (χ1v) is 10.6. The maximum absolute atomic E-state index is 13.0. The van der Waals surface area contributed by atoms with Crippen molar-refractivity contribution in [2.45, 2.75) is 27.2 Å². The molecule has 3 amide bonds. The SMILES string of the molecule is CCN1C(=O)C(C)(C)CN(C)C2=C1C(=O)CC(C#CCN1C(=O)c3ccccc3C1=O)=C2. The second-order valence-electron chi connectivity index (χ2n) is 8.84. The Labute approximate surface area is 187 Å². The number of hydrogen-bond donors (Lipinski definition) is 0. The van der Waals surface area contributed by atoms with Crippen LogP contribution in [0.4, 0.5) is 0 Å². The first-order chi connectivity index (χ1) is 15.2. The summed E-state index contributed by atoms with van der Waals surface area (Å²) < 4.78 is 0. The molecule has 32 heavy (non-hydrogen) atoms. The van der Waals surface area contributed by atoms with Gasteiger partial charge < -0.3 is 9.80 Å². The van der Waals surface area contributed by atoms with E-state index < -0.39 is 5.41 Å². The molecule has 7 nitrogen and oxygen atoms in total. The van der Waals surface area contributed by atoms with Crippen LogP contribution in [-0.2, 0) is 9.59 Å². The summed E-state index contributed by atoms with van der Waals surface area (Å²) in [7, 11) is 1.86. The number of Topliss-reactive ketones (excluding diaryl/α,β-unsaturated/α-hetero) is 1. The summed E-state index contributed by atoms with van der Waals surface area (Å²) in [5.41, 5.74) is 1.82. The van der Waals surface area contributed by atoms with Gasteiger partial charge in [0.1, 0.15) is 5.70 Å². The Morgan fingerprint density at radius 2 is 1.62 bits per heavy atom. The van der Waals surface area contributed by atoms with Crippen LogP contribution in [0.1, 0.15) is 47.9 Å². The van der Waals surface area contributed by atoms with Crippen LogP contribution in [0, 0.1) is 17.3 Å². The van der Waals surface area contributed by atoms with Gasteiger partial charge in [0, 0.05) is 32.1 Å². The van der Waals surface area contributed by atoms with E-state index in [1.807, 2.05) is 38.8 Å². The van der Waals surface area contributed by atoms with Gasteiger partial charge in [-0.05, 0) is 39.0 Å². The van der Waals surface area contributed by atoms with Gasteiger partial charge in [-0.25, -0.2) is 0 Å². The zero-order valence-electron chi connectivity index (χ0n) is 18.7. The molecule has 0 atom stereocenters. The summed E-state index contributed by atoms with van der Waals surface area (Å²) in [5.74, 6) is 4.90. The van der Waals surface area contributed by atoms with Gasteiger partial charge in [0.25, 0.3) is 11.8 Å². The molecule has 0 unspecified atom stereocenters. The van der Waals surface area contributed by atoms with Gasteiger partial charge in [-0.3, -0.25) is 24.1 Å². The zero-order valence-corrected chi connectivity index (χ0v) is 18.7. The highest BCUT2D eigenvalue weighted by Gasteiger charge is 2.41. The number of rotatable bonds is 2. The minimum absolute atomic E-state index is 0.0494. The number of amides is 3. The fraction of sp³-hybridized carbons (Fsp3) is 0.360. The molecule has 2 aliphatic heterocycles. The van der Waals surface area contributed by atoms with Crippen molar-refractivity contribution in [1.29, 1.82) is 0 Å². The molecular weight excluding hydrogens is 406 g/mol. The van der Waals surface area contributed by atoms with Crippen molar-refractivity contribution < 1.29 is 19.2 Å². The number of benzene rings is 1. The van der Waals surface area contributed by atoms with E-state index >= 15 is 0 Å². The van der Waals surface area contributed by atoms with Crippen LogP contribution in [0.25, 0.3) is 0 Å². The number of imide groups is 1. The maximum atomic E-state index is 13.0. The summed E-state index contributed by atoms with van der Waals surface area (Å²) in [6.45, 7) is 6.45. The molecular formula is C25H25N3O4. The van der Waals surface area contributed by atoms with Gasteiger partial charge in [0.2, 0.25) is 5.91 Å². The van der Waals surface area contributed by atoms with Crippen molar-refractivity contribution >= 4 is 23.5 Å². The topological polar surface area (TPSA) is 78.0 Å². The second-order valence-corrected chi connectivity index (χ2v) is 8.84. The van der Waals surface area contributed by atoms with Gasteiger partial charge >= 0.3 is 0 Å². The monoisotopic (exact) mass is 431 g/mol. The Morgan fingerprint density at radius 3 is 2.22 bits per heavy atom. The maximum Gasteiger partial charge on any atom is 0.262 e. The van der Waals surface area contributed by atoms with Crippen LogP contribution in [0.5, 0.6) is 0 Å². The lowest BCUT2D eigenvalue weighted by atomic mass is 9.91. The van der Waals surface area contributed by atoms with Crippen molar-refractivity contribution in [2.24, 2.45) is 5.41 Å². The lowest BCUT2D eigenvalue weighted by Crippen LogP contribution is -2.43. The Hall–Kier alpha value is -3.66. The molecule has 0 saturated heterocycles. The molecule has 0 saturated carbocycles. The number of hydrogen-bond acceptors (Lipinski definition) is 5. The molecule has 0 fully saturated rings.